The third kappa shape index (κ3) is 5.48. The molecule has 0 atom stereocenters. The van der Waals surface area contributed by atoms with Crippen molar-refractivity contribution in [2.24, 2.45) is 5.41 Å². The Balaban J connectivity index is 1.90. The van der Waals surface area contributed by atoms with Gasteiger partial charge in [0.25, 0.3) is 0 Å². The predicted molar refractivity (Wildman–Crippen MR) is 62.8 cm³/mol. The van der Waals surface area contributed by atoms with Crippen molar-refractivity contribution >= 4 is 0 Å². The van der Waals surface area contributed by atoms with Gasteiger partial charge in [-0.3, -0.25) is 0 Å². The fourth-order valence-corrected chi connectivity index (χ4v) is 1.86. The summed E-state index contributed by atoms with van der Waals surface area (Å²) in [4.78, 5) is 0. The Morgan fingerprint density at radius 1 is 1.12 bits per heavy atom. The molecule has 0 aromatic carbocycles. The molecule has 0 N–H and O–H groups in total. The Morgan fingerprint density at radius 2 is 1.75 bits per heavy atom. The Hall–Kier alpha value is -0.590. The number of unbranched alkanes of at least 4 members (excludes halogenated alkanes) is 3. The molecule has 0 aromatic rings. The van der Waals surface area contributed by atoms with Crippen molar-refractivity contribution in [3.05, 3.63) is 0 Å². The van der Waals surface area contributed by atoms with Crippen LogP contribution in [0.4, 0.5) is 0 Å². The minimum atomic E-state index is -0.155. The fourth-order valence-electron chi connectivity index (χ4n) is 1.86. The topological polar surface area (TPSA) is 42.2 Å². The molecule has 0 saturated carbocycles. The molecular formula is C13H23NO2. The van der Waals surface area contributed by atoms with Gasteiger partial charge in [0, 0.05) is 0 Å². The summed E-state index contributed by atoms with van der Waals surface area (Å²) in [5.74, 6) is 0. The van der Waals surface area contributed by atoms with Crippen LogP contribution in [0.1, 0.15) is 52.4 Å². The molecule has 1 heterocycles. The molecule has 0 spiro atoms. The maximum Gasteiger partial charge on any atom is 0.157 e. The third-order valence-electron chi connectivity index (χ3n) is 2.99. The van der Waals surface area contributed by atoms with Gasteiger partial charge in [-0.15, -0.1) is 0 Å². The Kier molecular flexibility index (Phi) is 5.79. The molecule has 1 aliphatic heterocycles. The highest BCUT2D eigenvalue weighted by Gasteiger charge is 2.16. The minimum absolute atomic E-state index is 0.0514. The molecule has 1 fully saturated rings. The lowest BCUT2D eigenvalue weighted by atomic mass is 9.88. The number of hydrogen-bond acceptors (Lipinski definition) is 3. The van der Waals surface area contributed by atoms with Crippen LogP contribution in [0.5, 0.6) is 0 Å². The lowest BCUT2D eigenvalue weighted by Gasteiger charge is -2.14. The van der Waals surface area contributed by atoms with Crippen molar-refractivity contribution in [3.8, 4) is 6.07 Å². The number of ether oxygens (including phenoxy) is 2. The van der Waals surface area contributed by atoms with E-state index in [4.69, 9.17) is 14.7 Å². The zero-order chi connectivity index (χ0) is 11.9. The van der Waals surface area contributed by atoms with Crippen molar-refractivity contribution in [3.63, 3.8) is 0 Å². The van der Waals surface area contributed by atoms with Crippen LogP contribution in [0.15, 0.2) is 0 Å². The summed E-state index contributed by atoms with van der Waals surface area (Å²) in [7, 11) is 0. The maximum atomic E-state index is 8.86. The molecule has 3 nitrogen and oxygen atoms in total. The van der Waals surface area contributed by atoms with E-state index in [0.29, 0.717) is 0 Å². The Morgan fingerprint density at radius 3 is 2.38 bits per heavy atom. The van der Waals surface area contributed by atoms with E-state index < -0.39 is 0 Å². The maximum absolute atomic E-state index is 8.86. The van der Waals surface area contributed by atoms with Gasteiger partial charge in [-0.25, -0.2) is 0 Å². The van der Waals surface area contributed by atoms with E-state index in [1.807, 2.05) is 13.8 Å². The number of nitrogens with zero attached hydrogens (tertiary/aromatic N) is 1. The first-order chi connectivity index (χ1) is 7.64. The average molecular weight is 225 g/mol. The molecule has 0 radical (unpaired) electrons. The monoisotopic (exact) mass is 225 g/mol. The van der Waals surface area contributed by atoms with Gasteiger partial charge in [-0.1, -0.05) is 19.3 Å². The first kappa shape index (κ1) is 13.5. The van der Waals surface area contributed by atoms with Gasteiger partial charge in [0.2, 0.25) is 0 Å². The second-order valence-corrected chi connectivity index (χ2v) is 5.12. The number of nitriles is 1. The Labute approximate surface area is 98.7 Å². The van der Waals surface area contributed by atoms with E-state index in [1.54, 1.807) is 0 Å². The van der Waals surface area contributed by atoms with Crippen LogP contribution in [-0.2, 0) is 9.47 Å². The number of rotatable bonds is 7. The first-order valence-corrected chi connectivity index (χ1v) is 6.28. The summed E-state index contributed by atoms with van der Waals surface area (Å²) in [6.07, 6.45) is 6.80. The summed E-state index contributed by atoms with van der Waals surface area (Å²) < 4.78 is 10.7. The van der Waals surface area contributed by atoms with Crippen LogP contribution in [-0.4, -0.2) is 19.5 Å². The van der Waals surface area contributed by atoms with Crippen LogP contribution < -0.4 is 0 Å². The summed E-state index contributed by atoms with van der Waals surface area (Å²) in [6.45, 7) is 5.52. The summed E-state index contributed by atoms with van der Waals surface area (Å²) in [5, 5.41) is 8.86. The Bertz CT molecular complexity index is 227. The number of hydrogen-bond donors (Lipinski definition) is 0. The minimum Gasteiger partial charge on any atom is -0.350 e. The summed E-state index contributed by atoms with van der Waals surface area (Å²) in [5.41, 5.74) is -0.155. The highest BCUT2D eigenvalue weighted by atomic mass is 16.7. The second-order valence-electron chi connectivity index (χ2n) is 5.12. The molecule has 0 amide bonds. The molecule has 0 aliphatic carbocycles. The molecule has 3 heteroatoms. The van der Waals surface area contributed by atoms with Gasteiger partial charge >= 0.3 is 0 Å². The second kappa shape index (κ2) is 6.88. The molecular weight excluding hydrogens is 202 g/mol. The molecule has 1 rings (SSSR count). The standard InChI is InChI=1S/C13H23NO2/c1-13(2,11-14)8-6-4-3-5-7-12-15-9-10-16-12/h12H,3-10H2,1-2H3. The predicted octanol–water partition coefficient (Wildman–Crippen LogP) is 3.25. The normalized spacial score (nSPS) is 17.6. The summed E-state index contributed by atoms with van der Waals surface area (Å²) >= 11 is 0. The van der Waals surface area contributed by atoms with Gasteiger partial charge in [0.15, 0.2) is 6.29 Å². The molecule has 0 bridgehead atoms. The van der Waals surface area contributed by atoms with Crippen molar-refractivity contribution < 1.29 is 9.47 Å². The van der Waals surface area contributed by atoms with Crippen molar-refractivity contribution in [1.29, 1.82) is 5.26 Å². The molecule has 0 unspecified atom stereocenters. The van der Waals surface area contributed by atoms with Gasteiger partial charge in [0.05, 0.1) is 24.7 Å². The van der Waals surface area contributed by atoms with E-state index in [9.17, 15) is 0 Å². The molecule has 16 heavy (non-hydrogen) atoms. The van der Waals surface area contributed by atoms with Gasteiger partial charge in [-0.05, 0) is 33.1 Å². The highest BCUT2D eigenvalue weighted by Crippen LogP contribution is 2.23. The molecule has 1 aliphatic rings. The van der Waals surface area contributed by atoms with E-state index in [1.165, 1.54) is 12.8 Å². The fraction of sp³-hybridized carbons (Fsp3) is 0.923. The van der Waals surface area contributed by atoms with Crippen LogP contribution in [0.2, 0.25) is 0 Å². The van der Waals surface area contributed by atoms with Crippen LogP contribution in [0.3, 0.4) is 0 Å². The first-order valence-electron chi connectivity index (χ1n) is 6.28. The van der Waals surface area contributed by atoms with Crippen molar-refractivity contribution in [1.82, 2.24) is 0 Å². The zero-order valence-corrected chi connectivity index (χ0v) is 10.5. The van der Waals surface area contributed by atoms with E-state index in [-0.39, 0.29) is 11.7 Å². The largest absolute Gasteiger partial charge is 0.350 e. The van der Waals surface area contributed by atoms with Crippen LogP contribution in [0.25, 0.3) is 0 Å². The average Bonchev–Trinajstić information content (AvgIpc) is 2.76. The lowest BCUT2D eigenvalue weighted by molar-refractivity contribution is -0.0480. The van der Waals surface area contributed by atoms with Gasteiger partial charge < -0.3 is 9.47 Å². The van der Waals surface area contributed by atoms with E-state index in [2.05, 4.69) is 6.07 Å². The lowest BCUT2D eigenvalue weighted by Crippen LogP contribution is -2.08. The third-order valence-corrected chi connectivity index (χ3v) is 2.99. The molecule has 0 aromatic heterocycles. The zero-order valence-electron chi connectivity index (χ0n) is 10.5. The molecule has 92 valence electrons. The van der Waals surface area contributed by atoms with Crippen molar-refractivity contribution in [2.45, 2.75) is 58.7 Å². The van der Waals surface area contributed by atoms with Gasteiger partial charge in [0.1, 0.15) is 0 Å². The van der Waals surface area contributed by atoms with E-state index in [0.717, 1.165) is 38.9 Å². The van der Waals surface area contributed by atoms with Crippen molar-refractivity contribution in [2.75, 3.05) is 13.2 Å². The van der Waals surface area contributed by atoms with Gasteiger partial charge in [-0.2, -0.15) is 5.26 Å². The van der Waals surface area contributed by atoms with Crippen LogP contribution in [0, 0.1) is 16.7 Å². The summed E-state index contributed by atoms with van der Waals surface area (Å²) in [6, 6.07) is 2.34. The molecule has 1 saturated heterocycles. The smallest absolute Gasteiger partial charge is 0.157 e. The quantitative estimate of drug-likeness (QED) is 0.625. The van der Waals surface area contributed by atoms with E-state index >= 15 is 0 Å². The van der Waals surface area contributed by atoms with Crippen LogP contribution >= 0.6 is 0 Å². The highest BCUT2D eigenvalue weighted by molar-refractivity contribution is 4.91. The SMILES string of the molecule is CC(C)(C#N)CCCCCCC1OCCO1.